The van der Waals surface area contributed by atoms with E-state index in [1.165, 1.54) is 0 Å². The second-order valence-corrected chi connectivity index (χ2v) is 2.11. The van der Waals surface area contributed by atoms with Crippen LogP contribution in [0.4, 0.5) is 0 Å². The lowest BCUT2D eigenvalue weighted by Gasteiger charge is -1.99. The highest BCUT2D eigenvalue weighted by Gasteiger charge is 1.89. The van der Waals surface area contributed by atoms with Crippen LogP contribution in [0.25, 0.3) is 0 Å². The normalized spacial score (nSPS) is 9.40. The summed E-state index contributed by atoms with van der Waals surface area (Å²) in [6.45, 7) is 4.63. The van der Waals surface area contributed by atoms with Crippen LogP contribution in [-0.4, -0.2) is 11.6 Å². The van der Waals surface area contributed by atoms with E-state index in [2.05, 4.69) is 4.98 Å². The van der Waals surface area contributed by atoms with E-state index in [1.54, 1.807) is 6.20 Å². The largest absolute Gasteiger partial charge is 0.478 e. The van der Waals surface area contributed by atoms with E-state index in [0.29, 0.717) is 12.5 Å². The van der Waals surface area contributed by atoms with Gasteiger partial charge < -0.3 is 4.74 Å². The summed E-state index contributed by atoms with van der Waals surface area (Å²) in [6.07, 6.45) is 1.80. The Morgan fingerprint density at radius 3 is 2.80 bits per heavy atom. The molecule has 0 aromatic carbocycles. The summed E-state index contributed by atoms with van der Waals surface area (Å²) >= 11 is 0. The van der Waals surface area contributed by atoms with Crippen LogP contribution in [0.1, 0.15) is 12.5 Å². The van der Waals surface area contributed by atoms with Crippen molar-refractivity contribution >= 4 is 0 Å². The molecule has 0 unspecified atom stereocenters. The Morgan fingerprint density at radius 1 is 1.50 bits per heavy atom. The number of hydrogen-bond donors (Lipinski definition) is 0. The monoisotopic (exact) mass is 137 g/mol. The number of pyridine rings is 1. The molecular formula is C8H11NO. The van der Waals surface area contributed by atoms with E-state index in [0.717, 1.165) is 5.56 Å². The third-order valence-electron chi connectivity index (χ3n) is 1.18. The van der Waals surface area contributed by atoms with Crippen molar-refractivity contribution < 1.29 is 4.74 Å². The maximum Gasteiger partial charge on any atom is 0.213 e. The zero-order valence-corrected chi connectivity index (χ0v) is 6.29. The molecule has 0 saturated carbocycles. The molecule has 0 saturated heterocycles. The third kappa shape index (κ3) is 1.72. The summed E-state index contributed by atoms with van der Waals surface area (Å²) in [5, 5.41) is 0. The highest BCUT2D eigenvalue weighted by molar-refractivity contribution is 5.15. The van der Waals surface area contributed by atoms with E-state index in [1.807, 2.05) is 26.0 Å². The Balaban J connectivity index is 2.69. The fourth-order valence-electron chi connectivity index (χ4n) is 0.688. The van der Waals surface area contributed by atoms with Crippen molar-refractivity contribution in [3.05, 3.63) is 23.9 Å². The predicted molar refractivity (Wildman–Crippen MR) is 40.1 cm³/mol. The third-order valence-corrected chi connectivity index (χ3v) is 1.18. The first kappa shape index (κ1) is 7.06. The SMILES string of the molecule is CCOc1ccc(C)cn1. The van der Waals surface area contributed by atoms with Gasteiger partial charge >= 0.3 is 0 Å². The average molecular weight is 137 g/mol. The first-order valence-electron chi connectivity index (χ1n) is 3.38. The second-order valence-electron chi connectivity index (χ2n) is 2.11. The quantitative estimate of drug-likeness (QED) is 0.620. The van der Waals surface area contributed by atoms with E-state index in [4.69, 9.17) is 4.74 Å². The number of hydrogen-bond acceptors (Lipinski definition) is 2. The van der Waals surface area contributed by atoms with Crippen molar-refractivity contribution in [2.45, 2.75) is 13.8 Å². The highest BCUT2D eigenvalue weighted by Crippen LogP contribution is 2.05. The molecule has 0 N–H and O–H groups in total. The Labute approximate surface area is 60.9 Å². The van der Waals surface area contributed by atoms with Crippen LogP contribution in [-0.2, 0) is 0 Å². The Bertz CT molecular complexity index is 193. The fourth-order valence-corrected chi connectivity index (χ4v) is 0.688. The van der Waals surface area contributed by atoms with Gasteiger partial charge in [0.15, 0.2) is 0 Å². The molecule has 1 aromatic heterocycles. The van der Waals surface area contributed by atoms with Gasteiger partial charge in [-0.2, -0.15) is 0 Å². The Morgan fingerprint density at radius 2 is 2.30 bits per heavy atom. The molecule has 1 aromatic rings. The molecule has 2 heteroatoms. The van der Waals surface area contributed by atoms with Crippen molar-refractivity contribution in [1.82, 2.24) is 4.98 Å². The molecule has 0 spiro atoms. The molecule has 0 fully saturated rings. The first-order chi connectivity index (χ1) is 4.83. The predicted octanol–water partition coefficient (Wildman–Crippen LogP) is 1.79. The lowest BCUT2D eigenvalue weighted by atomic mass is 10.3. The fraction of sp³-hybridized carbons (Fsp3) is 0.375. The molecule has 0 radical (unpaired) electrons. The van der Waals surface area contributed by atoms with Crippen LogP contribution in [0.15, 0.2) is 18.3 Å². The van der Waals surface area contributed by atoms with Crippen molar-refractivity contribution in [3.63, 3.8) is 0 Å². The van der Waals surface area contributed by atoms with Gasteiger partial charge in [0.25, 0.3) is 0 Å². The van der Waals surface area contributed by atoms with Crippen LogP contribution < -0.4 is 4.74 Å². The summed E-state index contributed by atoms with van der Waals surface area (Å²) in [6, 6.07) is 3.86. The molecule has 1 rings (SSSR count). The van der Waals surface area contributed by atoms with Gasteiger partial charge in [0, 0.05) is 12.3 Å². The zero-order chi connectivity index (χ0) is 7.40. The van der Waals surface area contributed by atoms with Gasteiger partial charge in [-0.25, -0.2) is 4.98 Å². The van der Waals surface area contributed by atoms with Crippen molar-refractivity contribution in [1.29, 1.82) is 0 Å². The minimum absolute atomic E-state index is 0.677. The molecule has 2 nitrogen and oxygen atoms in total. The van der Waals surface area contributed by atoms with E-state index in [-0.39, 0.29) is 0 Å². The Kier molecular flexibility index (Phi) is 2.26. The van der Waals surface area contributed by atoms with Gasteiger partial charge in [0.1, 0.15) is 0 Å². The molecule has 0 bridgehead atoms. The maximum absolute atomic E-state index is 5.15. The minimum atomic E-state index is 0.677. The van der Waals surface area contributed by atoms with Crippen LogP contribution in [0.2, 0.25) is 0 Å². The van der Waals surface area contributed by atoms with Gasteiger partial charge in [-0.1, -0.05) is 6.07 Å². The van der Waals surface area contributed by atoms with Crippen molar-refractivity contribution in [2.24, 2.45) is 0 Å². The van der Waals surface area contributed by atoms with Crippen molar-refractivity contribution in [3.8, 4) is 5.88 Å². The summed E-state index contributed by atoms with van der Waals surface area (Å²) in [5.74, 6) is 0.702. The van der Waals surface area contributed by atoms with Crippen LogP contribution in [0.5, 0.6) is 5.88 Å². The molecule has 54 valence electrons. The van der Waals surface area contributed by atoms with Crippen LogP contribution in [0, 0.1) is 6.92 Å². The molecular weight excluding hydrogens is 126 g/mol. The second kappa shape index (κ2) is 3.20. The molecule has 1 heterocycles. The molecule has 0 aliphatic rings. The lowest BCUT2D eigenvalue weighted by molar-refractivity contribution is 0.327. The number of aryl methyl sites for hydroxylation is 1. The molecule has 0 atom stereocenters. The number of ether oxygens (including phenoxy) is 1. The van der Waals surface area contributed by atoms with E-state index < -0.39 is 0 Å². The molecule has 0 aliphatic carbocycles. The van der Waals surface area contributed by atoms with E-state index >= 15 is 0 Å². The van der Waals surface area contributed by atoms with Crippen LogP contribution >= 0.6 is 0 Å². The molecule has 0 aliphatic heterocycles. The highest BCUT2D eigenvalue weighted by atomic mass is 16.5. The number of nitrogens with zero attached hydrogens (tertiary/aromatic N) is 1. The topological polar surface area (TPSA) is 22.1 Å². The summed E-state index contributed by atoms with van der Waals surface area (Å²) < 4.78 is 5.15. The number of rotatable bonds is 2. The van der Waals surface area contributed by atoms with Gasteiger partial charge in [0.2, 0.25) is 5.88 Å². The molecule has 0 amide bonds. The average Bonchev–Trinajstić information content (AvgIpc) is 1.95. The van der Waals surface area contributed by atoms with Crippen LogP contribution in [0.3, 0.4) is 0 Å². The smallest absolute Gasteiger partial charge is 0.213 e. The maximum atomic E-state index is 5.15. The zero-order valence-electron chi connectivity index (χ0n) is 6.29. The van der Waals surface area contributed by atoms with Gasteiger partial charge in [0.05, 0.1) is 6.61 Å². The number of aromatic nitrogens is 1. The van der Waals surface area contributed by atoms with Gasteiger partial charge in [-0.05, 0) is 19.4 Å². The lowest BCUT2D eigenvalue weighted by Crippen LogP contribution is -1.93. The van der Waals surface area contributed by atoms with Gasteiger partial charge in [-0.3, -0.25) is 0 Å². The minimum Gasteiger partial charge on any atom is -0.478 e. The molecule has 10 heavy (non-hydrogen) atoms. The summed E-state index contributed by atoms with van der Waals surface area (Å²) in [5.41, 5.74) is 1.16. The van der Waals surface area contributed by atoms with E-state index in [9.17, 15) is 0 Å². The summed E-state index contributed by atoms with van der Waals surface area (Å²) in [4.78, 5) is 4.05. The standard InChI is InChI=1S/C8H11NO/c1-3-10-8-5-4-7(2)6-9-8/h4-6H,3H2,1-2H3. The summed E-state index contributed by atoms with van der Waals surface area (Å²) in [7, 11) is 0. The van der Waals surface area contributed by atoms with Crippen molar-refractivity contribution in [2.75, 3.05) is 6.61 Å². The Hall–Kier alpha value is -1.05. The first-order valence-corrected chi connectivity index (χ1v) is 3.38. The van der Waals surface area contributed by atoms with Gasteiger partial charge in [-0.15, -0.1) is 0 Å².